The van der Waals surface area contributed by atoms with E-state index in [0.29, 0.717) is 11.4 Å². The van der Waals surface area contributed by atoms with Gasteiger partial charge in [0.15, 0.2) is 0 Å². The Morgan fingerprint density at radius 1 is 1.05 bits per heavy atom. The molecule has 1 saturated carbocycles. The highest BCUT2D eigenvalue weighted by atomic mass is 16.5. The number of carbonyl (C=O) groups is 2. The van der Waals surface area contributed by atoms with E-state index in [1.54, 1.807) is 19.2 Å². The van der Waals surface area contributed by atoms with Crippen LogP contribution < -0.4 is 9.64 Å². The van der Waals surface area contributed by atoms with E-state index in [9.17, 15) is 9.59 Å². The van der Waals surface area contributed by atoms with Gasteiger partial charge >= 0.3 is 0 Å². The minimum Gasteiger partial charge on any atom is -0.497 e. The van der Waals surface area contributed by atoms with Crippen molar-refractivity contribution in [1.29, 1.82) is 0 Å². The van der Waals surface area contributed by atoms with E-state index < -0.39 is 0 Å². The average molecular weight is 283 g/mol. The standard InChI is InChI=1S/C17H17NO3/c1-21-13-4-2-3-12(9-13)18-16(19)14-10-5-6-11(8-7-10)15(14)17(18)20/h2-6,9-11,14-15H,7-8H2,1H3/t10-,11-,14+,15+/m0/s1. The smallest absolute Gasteiger partial charge is 0.238 e. The molecule has 2 amide bonds. The molecule has 2 fully saturated rings. The van der Waals surface area contributed by atoms with Crippen LogP contribution in [0.25, 0.3) is 0 Å². The Morgan fingerprint density at radius 3 is 2.19 bits per heavy atom. The molecule has 0 aromatic heterocycles. The minimum absolute atomic E-state index is 0.0442. The number of anilines is 1. The molecule has 21 heavy (non-hydrogen) atoms. The Morgan fingerprint density at radius 2 is 1.67 bits per heavy atom. The van der Waals surface area contributed by atoms with Crippen LogP contribution in [0.1, 0.15) is 12.8 Å². The Hall–Kier alpha value is -2.10. The monoisotopic (exact) mass is 283 g/mol. The second-order valence-corrected chi connectivity index (χ2v) is 6.05. The summed E-state index contributed by atoms with van der Waals surface area (Å²) in [7, 11) is 1.58. The third-order valence-electron chi connectivity index (χ3n) is 5.07. The predicted octanol–water partition coefficient (Wildman–Crippen LogP) is 2.40. The highest BCUT2D eigenvalue weighted by Crippen LogP contribution is 2.50. The number of ether oxygens (including phenoxy) is 1. The van der Waals surface area contributed by atoms with Gasteiger partial charge in [0.05, 0.1) is 24.6 Å². The predicted molar refractivity (Wildman–Crippen MR) is 77.8 cm³/mol. The molecule has 4 aliphatic rings. The fourth-order valence-corrected chi connectivity index (χ4v) is 4.08. The summed E-state index contributed by atoms with van der Waals surface area (Å²) in [6.07, 6.45) is 6.31. The summed E-state index contributed by atoms with van der Waals surface area (Å²) >= 11 is 0. The average Bonchev–Trinajstić information content (AvgIpc) is 2.82. The molecule has 0 unspecified atom stereocenters. The summed E-state index contributed by atoms with van der Waals surface area (Å²) in [6, 6.07) is 7.17. The molecule has 1 aromatic carbocycles. The number of hydrogen-bond donors (Lipinski definition) is 0. The maximum Gasteiger partial charge on any atom is 0.238 e. The summed E-state index contributed by atoms with van der Waals surface area (Å²) in [5.74, 6) is 0.706. The molecule has 0 spiro atoms. The topological polar surface area (TPSA) is 46.6 Å². The van der Waals surface area contributed by atoms with Crippen molar-refractivity contribution in [2.24, 2.45) is 23.7 Å². The van der Waals surface area contributed by atoms with Crippen LogP contribution in [0.2, 0.25) is 0 Å². The minimum atomic E-state index is -0.160. The third kappa shape index (κ3) is 1.68. The van der Waals surface area contributed by atoms with Crippen LogP contribution in [0.4, 0.5) is 5.69 Å². The first kappa shape index (κ1) is 12.6. The largest absolute Gasteiger partial charge is 0.497 e. The molecule has 3 aliphatic carbocycles. The van der Waals surface area contributed by atoms with Gasteiger partial charge in [0.25, 0.3) is 0 Å². The quantitative estimate of drug-likeness (QED) is 0.618. The number of imide groups is 1. The number of amides is 2. The van der Waals surface area contributed by atoms with E-state index in [0.717, 1.165) is 12.8 Å². The number of rotatable bonds is 2. The van der Waals surface area contributed by atoms with Crippen molar-refractivity contribution >= 4 is 17.5 Å². The summed E-state index contributed by atoms with van der Waals surface area (Å²) in [6.45, 7) is 0. The van der Waals surface area contributed by atoms with E-state index in [1.807, 2.05) is 12.1 Å². The van der Waals surface area contributed by atoms with Crippen LogP contribution in [-0.4, -0.2) is 18.9 Å². The number of carbonyl (C=O) groups excluding carboxylic acids is 2. The lowest BCUT2D eigenvalue weighted by Crippen LogP contribution is -2.38. The van der Waals surface area contributed by atoms with Gasteiger partial charge in [-0.1, -0.05) is 18.2 Å². The van der Waals surface area contributed by atoms with Crippen molar-refractivity contribution in [3.63, 3.8) is 0 Å². The Kier molecular flexibility index (Phi) is 2.67. The molecule has 0 radical (unpaired) electrons. The number of nitrogens with zero attached hydrogens (tertiary/aromatic N) is 1. The Balaban J connectivity index is 1.75. The number of hydrogen-bond acceptors (Lipinski definition) is 3. The van der Waals surface area contributed by atoms with Gasteiger partial charge in [0.1, 0.15) is 5.75 Å². The lowest BCUT2D eigenvalue weighted by Gasteiger charge is -2.38. The summed E-state index contributed by atoms with van der Waals surface area (Å²) in [5, 5.41) is 0. The normalized spacial score (nSPS) is 33.5. The van der Waals surface area contributed by atoms with Crippen LogP contribution in [0, 0.1) is 23.7 Å². The fourth-order valence-electron chi connectivity index (χ4n) is 4.08. The Bertz CT molecular complexity index is 619. The maximum atomic E-state index is 12.8. The van der Waals surface area contributed by atoms with E-state index in [-0.39, 0.29) is 35.5 Å². The fraction of sp³-hybridized carbons (Fsp3) is 0.412. The van der Waals surface area contributed by atoms with Gasteiger partial charge in [0, 0.05) is 6.07 Å². The van der Waals surface area contributed by atoms with Gasteiger partial charge in [-0.2, -0.15) is 0 Å². The van der Waals surface area contributed by atoms with Crippen molar-refractivity contribution in [3.8, 4) is 5.75 Å². The molecule has 1 saturated heterocycles. The van der Waals surface area contributed by atoms with Crippen molar-refractivity contribution in [2.45, 2.75) is 12.8 Å². The van der Waals surface area contributed by atoms with Crippen LogP contribution in [-0.2, 0) is 9.59 Å². The second-order valence-electron chi connectivity index (χ2n) is 6.05. The maximum absolute atomic E-state index is 12.8. The highest BCUT2D eigenvalue weighted by Gasteiger charge is 2.56. The van der Waals surface area contributed by atoms with E-state index in [4.69, 9.17) is 4.74 Å². The molecule has 108 valence electrons. The van der Waals surface area contributed by atoms with Crippen LogP contribution in [0.5, 0.6) is 5.75 Å². The Labute approximate surface area is 123 Å². The molecule has 1 aromatic rings. The first-order chi connectivity index (χ1) is 10.2. The van der Waals surface area contributed by atoms with Crippen molar-refractivity contribution in [2.75, 3.05) is 12.0 Å². The molecule has 4 heteroatoms. The number of benzene rings is 1. The molecule has 2 bridgehead atoms. The van der Waals surface area contributed by atoms with Crippen LogP contribution in [0.15, 0.2) is 36.4 Å². The van der Waals surface area contributed by atoms with Crippen LogP contribution >= 0.6 is 0 Å². The third-order valence-corrected chi connectivity index (χ3v) is 5.07. The molecular weight excluding hydrogens is 266 g/mol. The SMILES string of the molecule is COc1cccc(N2C(=O)[C@H]3[C@H](C2=O)[C@H]2C=C[C@H]3CC2)c1. The molecule has 4 nitrogen and oxygen atoms in total. The number of methoxy groups -OCH3 is 1. The second kappa shape index (κ2) is 4.45. The molecular formula is C17H17NO3. The molecule has 1 heterocycles. The number of allylic oxidation sites excluding steroid dienone is 2. The zero-order valence-electron chi connectivity index (χ0n) is 11.9. The van der Waals surface area contributed by atoms with Gasteiger partial charge in [-0.3, -0.25) is 9.59 Å². The molecule has 4 atom stereocenters. The summed E-state index contributed by atoms with van der Waals surface area (Å²) < 4.78 is 5.20. The molecule has 0 N–H and O–H groups in total. The molecule has 1 aliphatic heterocycles. The summed E-state index contributed by atoms with van der Waals surface area (Å²) in [5.41, 5.74) is 0.623. The first-order valence-corrected chi connectivity index (χ1v) is 7.41. The zero-order valence-corrected chi connectivity index (χ0v) is 11.9. The first-order valence-electron chi connectivity index (χ1n) is 7.41. The van der Waals surface area contributed by atoms with Crippen molar-refractivity contribution < 1.29 is 14.3 Å². The van der Waals surface area contributed by atoms with Gasteiger partial charge < -0.3 is 4.74 Å². The lowest BCUT2D eigenvalue weighted by molar-refractivity contribution is -0.124. The van der Waals surface area contributed by atoms with Gasteiger partial charge in [-0.25, -0.2) is 4.90 Å². The van der Waals surface area contributed by atoms with E-state index in [1.165, 1.54) is 4.90 Å². The van der Waals surface area contributed by atoms with Gasteiger partial charge in [0.2, 0.25) is 11.8 Å². The zero-order chi connectivity index (χ0) is 14.6. The lowest BCUT2D eigenvalue weighted by atomic mass is 9.63. The van der Waals surface area contributed by atoms with Gasteiger partial charge in [-0.15, -0.1) is 0 Å². The van der Waals surface area contributed by atoms with E-state index in [2.05, 4.69) is 12.2 Å². The van der Waals surface area contributed by atoms with Crippen molar-refractivity contribution in [3.05, 3.63) is 36.4 Å². The van der Waals surface area contributed by atoms with E-state index >= 15 is 0 Å². The highest BCUT2D eigenvalue weighted by molar-refractivity contribution is 6.22. The van der Waals surface area contributed by atoms with Gasteiger partial charge in [-0.05, 0) is 36.8 Å². The number of fused-ring (bicyclic) bond motifs is 1. The molecule has 5 rings (SSSR count). The van der Waals surface area contributed by atoms with Crippen LogP contribution in [0.3, 0.4) is 0 Å². The summed E-state index contributed by atoms with van der Waals surface area (Å²) in [4.78, 5) is 26.9. The van der Waals surface area contributed by atoms with Crippen molar-refractivity contribution in [1.82, 2.24) is 0 Å².